The molecule has 0 spiro atoms. The summed E-state index contributed by atoms with van der Waals surface area (Å²) in [6, 6.07) is 2.98. The molecule has 0 saturated heterocycles. The summed E-state index contributed by atoms with van der Waals surface area (Å²) in [6.45, 7) is 2.14. The van der Waals surface area contributed by atoms with Gasteiger partial charge in [0, 0.05) is 6.07 Å². The van der Waals surface area contributed by atoms with E-state index >= 15 is 0 Å². The smallest absolute Gasteiger partial charge is 0.339 e. The molecule has 1 aromatic carbocycles. The second kappa shape index (κ2) is 5.25. The topological polar surface area (TPSA) is 65.0 Å². The highest BCUT2D eigenvalue weighted by molar-refractivity contribution is 5.92. The van der Waals surface area contributed by atoms with Crippen molar-refractivity contribution in [2.75, 3.05) is 20.8 Å². The van der Waals surface area contributed by atoms with Gasteiger partial charge in [-0.2, -0.15) is 0 Å². The van der Waals surface area contributed by atoms with Crippen LogP contribution in [0.4, 0.5) is 0 Å². The quantitative estimate of drug-likeness (QED) is 0.829. The maximum Gasteiger partial charge on any atom is 0.339 e. The van der Waals surface area contributed by atoms with Crippen LogP contribution in [0.15, 0.2) is 12.1 Å². The van der Waals surface area contributed by atoms with Gasteiger partial charge in [0.1, 0.15) is 11.3 Å². The Kier molecular flexibility index (Phi) is 3.99. The Hall–Kier alpha value is -1.91. The van der Waals surface area contributed by atoms with Crippen molar-refractivity contribution in [1.82, 2.24) is 0 Å². The van der Waals surface area contributed by atoms with Gasteiger partial charge in [-0.3, -0.25) is 0 Å². The number of hydrogen-bond acceptors (Lipinski definition) is 4. The Morgan fingerprint density at radius 3 is 2.44 bits per heavy atom. The Balaban J connectivity index is 3.34. The number of carboxylic acid groups (broad SMARTS) is 1. The number of hydrogen-bond donors (Lipinski definition) is 1. The van der Waals surface area contributed by atoms with E-state index in [4.69, 9.17) is 19.3 Å². The summed E-state index contributed by atoms with van der Waals surface area (Å²) in [5.74, 6) is -0.102. The van der Waals surface area contributed by atoms with Crippen LogP contribution in [-0.2, 0) is 0 Å². The Bertz CT molecular complexity index is 386. The van der Waals surface area contributed by atoms with Gasteiger partial charge in [-0.1, -0.05) is 0 Å². The lowest BCUT2D eigenvalue weighted by Crippen LogP contribution is -2.05. The van der Waals surface area contributed by atoms with Crippen molar-refractivity contribution >= 4 is 5.97 Å². The van der Waals surface area contributed by atoms with E-state index in [1.807, 2.05) is 0 Å². The lowest BCUT2D eigenvalue weighted by molar-refractivity contribution is 0.0691. The highest BCUT2D eigenvalue weighted by Crippen LogP contribution is 2.35. The molecule has 0 radical (unpaired) electrons. The Morgan fingerprint density at radius 2 is 2.00 bits per heavy atom. The SMILES string of the molecule is CCOc1c(OC)cc(OC)cc1C(=O)O. The summed E-state index contributed by atoms with van der Waals surface area (Å²) in [7, 11) is 2.91. The first-order valence-electron chi connectivity index (χ1n) is 4.76. The predicted octanol–water partition coefficient (Wildman–Crippen LogP) is 1.80. The third-order valence-corrected chi connectivity index (χ3v) is 2.00. The second-order valence-corrected chi connectivity index (χ2v) is 2.94. The molecule has 1 N–H and O–H groups in total. The summed E-state index contributed by atoms with van der Waals surface area (Å²) in [5, 5.41) is 9.04. The van der Waals surface area contributed by atoms with Crippen molar-refractivity contribution in [3.8, 4) is 17.2 Å². The molecule has 5 nitrogen and oxygen atoms in total. The third-order valence-electron chi connectivity index (χ3n) is 2.00. The highest BCUT2D eigenvalue weighted by Gasteiger charge is 2.18. The number of carbonyl (C=O) groups is 1. The molecule has 0 heterocycles. The molecule has 0 aliphatic carbocycles. The third kappa shape index (κ3) is 2.36. The number of rotatable bonds is 5. The van der Waals surface area contributed by atoms with Crippen LogP contribution in [0, 0.1) is 0 Å². The lowest BCUT2D eigenvalue weighted by Gasteiger charge is -2.13. The van der Waals surface area contributed by atoms with E-state index in [9.17, 15) is 4.79 Å². The molecular weight excluding hydrogens is 212 g/mol. The molecule has 0 saturated carbocycles. The number of aromatic carboxylic acids is 1. The van der Waals surface area contributed by atoms with Gasteiger partial charge in [0.25, 0.3) is 0 Å². The van der Waals surface area contributed by atoms with E-state index in [0.29, 0.717) is 18.1 Å². The highest BCUT2D eigenvalue weighted by atomic mass is 16.5. The molecule has 5 heteroatoms. The first kappa shape index (κ1) is 12.2. The molecule has 0 bridgehead atoms. The number of benzene rings is 1. The maximum absolute atomic E-state index is 11.0. The zero-order valence-corrected chi connectivity index (χ0v) is 9.44. The molecule has 0 atom stereocenters. The van der Waals surface area contributed by atoms with E-state index in [0.717, 1.165) is 0 Å². The second-order valence-electron chi connectivity index (χ2n) is 2.94. The summed E-state index contributed by atoms with van der Waals surface area (Å²) < 4.78 is 15.3. The van der Waals surface area contributed by atoms with E-state index in [1.54, 1.807) is 13.0 Å². The van der Waals surface area contributed by atoms with Gasteiger partial charge in [-0.05, 0) is 13.0 Å². The van der Waals surface area contributed by atoms with E-state index < -0.39 is 5.97 Å². The normalized spacial score (nSPS) is 9.69. The molecule has 0 unspecified atom stereocenters. The van der Waals surface area contributed by atoms with Gasteiger partial charge in [0.2, 0.25) is 0 Å². The summed E-state index contributed by atoms with van der Waals surface area (Å²) >= 11 is 0. The molecule has 0 aromatic heterocycles. The van der Waals surface area contributed by atoms with Gasteiger partial charge in [0.05, 0.1) is 20.8 Å². The molecule has 0 aliphatic heterocycles. The first-order chi connectivity index (χ1) is 7.63. The average Bonchev–Trinajstić information content (AvgIpc) is 2.29. The average molecular weight is 226 g/mol. The molecule has 0 amide bonds. The van der Waals surface area contributed by atoms with Crippen LogP contribution in [0.25, 0.3) is 0 Å². The number of ether oxygens (including phenoxy) is 3. The van der Waals surface area contributed by atoms with Crippen molar-refractivity contribution in [3.63, 3.8) is 0 Å². The summed E-state index contributed by atoms with van der Waals surface area (Å²) in [4.78, 5) is 11.0. The Morgan fingerprint density at radius 1 is 1.31 bits per heavy atom. The van der Waals surface area contributed by atoms with Crippen molar-refractivity contribution < 1.29 is 24.1 Å². The van der Waals surface area contributed by atoms with Gasteiger partial charge in [-0.15, -0.1) is 0 Å². The van der Waals surface area contributed by atoms with Crippen LogP contribution in [0.2, 0.25) is 0 Å². The zero-order valence-electron chi connectivity index (χ0n) is 9.44. The lowest BCUT2D eigenvalue weighted by atomic mass is 10.1. The maximum atomic E-state index is 11.0. The van der Waals surface area contributed by atoms with E-state index in [1.165, 1.54) is 20.3 Å². The first-order valence-corrected chi connectivity index (χ1v) is 4.76. The molecule has 16 heavy (non-hydrogen) atoms. The summed E-state index contributed by atoms with van der Waals surface area (Å²) in [6.07, 6.45) is 0. The van der Waals surface area contributed by atoms with Crippen molar-refractivity contribution in [3.05, 3.63) is 17.7 Å². The van der Waals surface area contributed by atoms with Gasteiger partial charge in [-0.25, -0.2) is 4.79 Å². The van der Waals surface area contributed by atoms with Crippen LogP contribution in [0.1, 0.15) is 17.3 Å². The zero-order chi connectivity index (χ0) is 12.1. The van der Waals surface area contributed by atoms with E-state index in [2.05, 4.69) is 0 Å². The predicted molar refractivity (Wildman–Crippen MR) is 57.7 cm³/mol. The minimum atomic E-state index is -1.08. The van der Waals surface area contributed by atoms with Crippen LogP contribution < -0.4 is 14.2 Å². The van der Waals surface area contributed by atoms with Gasteiger partial charge in [0.15, 0.2) is 11.5 Å². The van der Waals surface area contributed by atoms with Crippen molar-refractivity contribution in [2.24, 2.45) is 0 Å². The molecule has 88 valence electrons. The fourth-order valence-electron chi connectivity index (χ4n) is 1.30. The largest absolute Gasteiger partial charge is 0.497 e. The minimum absolute atomic E-state index is 0.0260. The molecule has 0 aliphatic rings. The Labute approximate surface area is 93.6 Å². The number of methoxy groups -OCH3 is 2. The van der Waals surface area contributed by atoms with Crippen LogP contribution in [-0.4, -0.2) is 31.9 Å². The number of carboxylic acids is 1. The van der Waals surface area contributed by atoms with Crippen LogP contribution >= 0.6 is 0 Å². The van der Waals surface area contributed by atoms with Crippen LogP contribution in [0.5, 0.6) is 17.2 Å². The minimum Gasteiger partial charge on any atom is -0.497 e. The molecule has 1 rings (SSSR count). The van der Waals surface area contributed by atoms with Gasteiger partial charge < -0.3 is 19.3 Å². The standard InChI is InChI=1S/C11H14O5/c1-4-16-10-8(11(12)13)5-7(14-2)6-9(10)15-3/h5-6H,4H2,1-3H3,(H,12,13). The molecule has 0 fully saturated rings. The van der Waals surface area contributed by atoms with Crippen molar-refractivity contribution in [2.45, 2.75) is 6.92 Å². The van der Waals surface area contributed by atoms with Crippen LogP contribution in [0.3, 0.4) is 0 Å². The molecule has 1 aromatic rings. The van der Waals surface area contributed by atoms with Crippen molar-refractivity contribution in [1.29, 1.82) is 0 Å². The fourth-order valence-corrected chi connectivity index (χ4v) is 1.30. The van der Waals surface area contributed by atoms with Gasteiger partial charge >= 0.3 is 5.97 Å². The summed E-state index contributed by atoms with van der Waals surface area (Å²) in [5.41, 5.74) is 0.0260. The van der Waals surface area contributed by atoms with E-state index in [-0.39, 0.29) is 11.3 Å². The monoisotopic (exact) mass is 226 g/mol. The fraction of sp³-hybridized carbons (Fsp3) is 0.364. The molecular formula is C11H14O5.